The molecule has 6 aliphatic rings. The maximum absolute atomic E-state index is 6.88. The summed E-state index contributed by atoms with van der Waals surface area (Å²) in [5.41, 5.74) is 13.2. The minimum absolute atomic E-state index is 0.587. The number of fused-ring (bicyclic) bond motifs is 4. The average molecular weight is 809 g/mol. The van der Waals surface area contributed by atoms with E-state index < -0.39 is 89.0 Å². The third kappa shape index (κ3) is 6.85. The van der Waals surface area contributed by atoms with Gasteiger partial charge in [0.15, 0.2) is 0 Å². The van der Waals surface area contributed by atoms with Crippen molar-refractivity contribution in [2.45, 2.75) is 52.4 Å². The van der Waals surface area contributed by atoms with E-state index in [2.05, 4.69) is 0 Å². The zero-order chi connectivity index (χ0) is 33.0. The van der Waals surface area contributed by atoms with E-state index >= 15 is 0 Å². The molecule has 0 amide bonds. The lowest BCUT2D eigenvalue weighted by molar-refractivity contribution is 0.0175. The number of hydrogen-bond acceptors (Lipinski definition) is 16. The van der Waals surface area contributed by atoms with Crippen molar-refractivity contribution in [3.05, 3.63) is 48.5 Å². The lowest BCUT2D eigenvalue weighted by Crippen LogP contribution is -2.82. The van der Waals surface area contributed by atoms with Crippen molar-refractivity contribution < 1.29 is 57.6 Å². The summed E-state index contributed by atoms with van der Waals surface area (Å²) >= 11 is 0. The molecular weight excluding hydrogens is 773 g/mol. The van der Waals surface area contributed by atoms with Crippen LogP contribution in [0.1, 0.15) is 0 Å². The van der Waals surface area contributed by atoms with Gasteiger partial charge in [0.25, 0.3) is 0 Å². The van der Waals surface area contributed by atoms with Crippen LogP contribution in [0.4, 0.5) is 11.4 Å². The minimum Gasteiger partial charge on any atom is -0.399 e. The van der Waals surface area contributed by atoms with Gasteiger partial charge in [-0.2, -0.15) is 0 Å². The van der Waals surface area contributed by atoms with Gasteiger partial charge in [-0.1, -0.05) is 24.3 Å². The van der Waals surface area contributed by atoms with Crippen LogP contribution < -0.4 is 21.8 Å². The molecule has 6 aliphatic heterocycles. The molecule has 8 bridgehead atoms. The van der Waals surface area contributed by atoms with Gasteiger partial charge in [0.05, 0.1) is 0 Å². The van der Waals surface area contributed by atoms with Crippen LogP contribution in [0.3, 0.4) is 0 Å². The lowest BCUT2D eigenvalue weighted by Gasteiger charge is -2.56. The quantitative estimate of drug-likeness (QED) is 0.321. The van der Waals surface area contributed by atoms with Gasteiger partial charge in [0, 0.05) is 63.8 Å². The first-order valence-corrected chi connectivity index (χ1v) is 34.9. The summed E-state index contributed by atoms with van der Waals surface area (Å²) in [6.45, 7) is 14.0. The highest BCUT2D eigenvalue weighted by Crippen LogP contribution is 2.44. The monoisotopic (exact) mass is 808 g/mol. The van der Waals surface area contributed by atoms with Gasteiger partial charge in [0.2, 0.25) is 0 Å². The number of nitrogens with two attached hydrogens (primary N) is 2. The standard InChI is InChI=1S/C20H36N2O14Si10/c1-39-23-37(19-13-9-17(21)10-14-19)24-40(2)31-45(7)33-42(4)26-38(20-15-11-18(22)12-16-20)25-41(3,29-43(5,27-39)35-45)30-44(6,28-39)36-46(8,32-40)34-42/h9-16H,21-22H2,1-8H3. The third-order valence-electron chi connectivity index (χ3n) is 7.11. The Morgan fingerprint density at radius 2 is 0.543 bits per heavy atom. The van der Waals surface area contributed by atoms with E-state index in [0.717, 1.165) is 10.4 Å². The molecule has 6 heterocycles. The largest absolute Gasteiger partial charge is 0.475 e. The van der Waals surface area contributed by atoms with Crippen LogP contribution in [0.2, 0.25) is 52.4 Å². The summed E-state index contributed by atoms with van der Waals surface area (Å²) in [7, 11) is -35.8. The summed E-state index contributed by atoms with van der Waals surface area (Å²) in [5, 5.41) is 1.47. The fourth-order valence-corrected chi connectivity index (χ4v) is 55.2. The molecule has 0 aliphatic carbocycles. The van der Waals surface area contributed by atoms with Gasteiger partial charge in [0.1, 0.15) is 0 Å². The normalized spacial score (nSPS) is 46.6. The van der Waals surface area contributed by atoms with E-state index in [-0.39, 0.29) is 0 Å². The molecular formula is C20H36N2O14Si10. The van der Waals surface area contributed by atoms with E-state index in [9.17, 15) is 0 Å². The van der Waals surface area contributed by atoms with Gasteiger partial charge in [-0.3, -0.25) is 0 Å². The summed E-state index contributed by atoms with van der Waals surface area (Å²) in [5.74, 6) is 0. The minimum atomic E-state index is -3.90. The summed E-state index contributed by atoms with van der Waals surface area (Å²) in [6, 6.07) is 14.4. The van der Waals surface area contributed by atoms with Crippen molar-refractivity contribution in [2.75, 3.05) is 11.5 Å². The first kappa shape index (κ1) is 34.1. The molecule has 2 aromatic rings. The molecule has 46 heavy (non-hydrogen) atoms. The molecule has 26 heteroatoms. The third-order valence-corrected chi connectivity index (χ3v) is 47.3. The van der Waals surface area contributed by atoms with Gasteiger partial charge in [-0.15, -0.1) is 0 Å². The smallest absolute Gasteiger partial charge is 0.399 e. The number of rotatable bonds is 2. The molecule has 0 spiro atoms. The van der Waals surface area contributed by atoms with Gasteiger partial charge >= 0.3 is 89.0 Å². The highest BCUT2D eigenvalue weighted by Gasteiger charge is 2.74. The second-order valence-electron chi connectivity index (χ2n) is 12.1. The van der Waals surface area contributed by atoms with E-state index in [1.807, 2.05) is 24.3 Å². The Hall–Kier alpha value is -0.351. The zero-order valence-electron chi connectivity index (χ0n) is 26.5. The molecule has 2 radical (unpaired) electrons. The summed E-state index contributed by atoms with van der Waals surface area (Å²) < 4.78 is 95.8. The van der Waals surface area contributed by atoms with Crippen molar-refractivity contribution in [3.8, 4) is 0 Å². The fourth-order valence-electron chi connectivity index (χ4n) is 6.06. The molecule has 0 saturated carbocycles. The number of hydrogen-bond donors (Lipinski definition) is 2. The zero-order valence-corrected chi connectivity index (χ0v) is 36.5. The Bertz CT molecular complexity index is 1310. The molecule has 6 saturated heterocycles. The second kappa shape index (κ2) is 11.1. The predicted molar refractivity (Wildman–Crippen MR) is 181 cm³/mol. The maximum Gasteiger partial charge on any atom is 0.475 e. The highest BCUT2D eigenvalue weighted by atomic mass is 28.6. The van der Waals surface area contributed by atoms with Crippen LogP contribution in [0.15, 0.2) is 48.5 Å². The predicted octanol–water partition coefficient (Wildman–Crippen LogP) is 0.792. The van der Waals surface area contributed by atoms with Crippen LogP contribution in [0.25, 0.3) is 0 Å². The Morgan fingerprint density at radius 1 is 0.348 bits per heavy atom. The average Bonchev–Trinajstić information content (AvgIpc) is 2.83. The van der Waals surface area contributed by atoms with Crippen molar-refractivity contribution >= 4 is 111 Å². The molecule has 16 nitrogen and oxygen atoms in total. The van der Waals surface area contributed by atoms with Crippen LogP contribution in [0.5, 0.6) is 0 Å². The molecule has 4 N–H and O–H groups in total. The SMILES string of the molecule is C[Si]12O[Si](c3ccc(N)cc3)O[Si]3(C)O[Si]4(C)O[Si]5(C)O[Si](c6ccc(N)cc6)O[Si](C)(O[Si](C)(O1)O4)O[Si](C)(O2)O[Si](C)(O3)O5. The number of nitrogen functional groups attached to an aromatic ring is 2. The molecule has 0 atom stereocenters. The first-order valence-electron chi connectivity index (χ1n) is 14.4. The van der Waals surface area contributed by atoms with E-state index in [0.29, 0.717) is 11.4 Å². The van der Waals surface area contributed by atoms with Gasteiger partial charge in [-0.25, -0.2) is 0 Å². The van der Waals surface area contributed by atoms with Crippen LogP contribution >= 0.6 is 0 Å². The van der Waals surface area contributed by atoms with E-state index in [4.69, 9.17) is 69.1 Å². The highest BCUT2D eigenvalue weighted by molar-refractivity contribution is 7.00. The molecule has 8 rings (SSSR count). The topological polar surface area (TPSA) is 181 Å². The molecule has 0 aromatic heterocycles. The lowest BCUT2D eigenvalue weighted by atomic mass is 10.3. The molecule has 6 fully saturated rings. The van der Waals surface area contributed by atoms with Crippen molar-refractivity contribution in [3.63, 3.8) is 0 Å². The van der Waals surface area contributed by atoms with Gasteiger partial charge in [-0.05, 0) is 34.6 Å². The Morgan fingerprint density at radius 3 is 0.761 bits per heavy atom. The number of anilines is 2. The first-order chi connectivity index (χ1) is 21.2. The number of benzene rings is 2. The maximum atomic E-state index is 6.88. The summed E-state index contributed by atoms with van der Waals surface area (Å²) in [6.07, 6.45) is 0. The van der Waals surface area contributed by atoms with Crippen LogP contribution in [-0.4, -0.2) is 89.0 Å². The Kier molecular flexibility index (Phi) is 8.21. The van der Waals surface area contributed by atoms with Crippen LogP contribution in [-0.2, 0) is 57.6 Å². The van der Waals surface area contributed by atoms with Crippen LogP contribution in [0, 0.1) is 0 Å². The van der Waals surface area contributed by atoms with Gasteiger partial charge < -0.3 is 69.1 Å². The second-order valence-corrected chi connectivity index (χ2v) is 39.7. The Labute approximate surface area is 279 Å². The van der Waals surface area contributed by atoms with Crippen molar-refractivity contribution in [1.82, 2.24) is 0 Å². The van der Waals surface area contributed by atoms with Crippen molar-refractivity contribution in [1.29, 1.82) is 0 Å². The van der Waals surface area contributed by atoms with Crippen molar-refractivity contribution in [2.24, 2.45) is 0 Å². The molecule has 0 unspecified atom stereocenters. The summed E-state index contributed by atoms with van der Waals surface area (Å²) in [4.78, 5) is 0. The fraction of sp³-hybridized carbons (Fsp3) is 0.400. The molecule has 2 aromatic carbocycles. The van der Waals surface area contributed by atoms with E-state index in [1.165, 1.54) is 0 Å². The van der Waals surface area contributed by atoms with E-state index in [1.54, 1.807) is 76.6 Å². The molecule has 250 valence electrons. The Balaban J connectivity index is 1.46.